The predicted octanol–water partition coefficient (Wildman–Crippen LogP) is 5.97. The Balaban J connectivity index is 2.37. The van der Waals surface area contributed by atoms with Gasteiger partial charge in [0.25, 0.3) is 0 Å². The summed E-state index contributed by atoms with van der Waals surface area (Å²) in [5, 5.41) is 0. The summed E-state index contributed by atoms with van der Waals surface area (Å²) in [6.07, 6.45) is 1.76. The first-order chi connectivity index (χ1) is 10.6. The number of hydrogen-bond acceptors (Lipinski definition) is 2. The molecule has 0 radical (unpaired) electrons. The molecular weight excluding hydrogens is 268 g/mol. The van der Waals surface area contributed by atoms with E-state index in [4.69, 9.17) is 9.98 Å². The monoisotopic (exact) mass is 292 g/mol. The van der Waals surface area contributed by atoms with Gasteiger partial charge in [0.2, 0.25) is 0 Å². The number of para-hydroxylation sites is 1. The van der Waals surface area contributed by atoms with Gasteiger partial charge in [-0.05, 0) is 62.1 Å². The van der Waals surface area contributed by atoms with Crippen LogP contribution in [-0.2, 0) is 0 Å². The van der Waals surface area contributed by atoms with Crippen LogP contribution in [0.4, 0.5) is 11.4 Å². The van der Waals surface area contributed by atoms with Crippen LogP contribution in [0, 0.1) is 13.8 Å². The van der Waals surface area contributed by atoms with Gasteiger partial charge in [-0.2, -0.15) is 0 Å². The summed E-state index contributed by atoms with van der Waals surface area (Å²) in [5.41, 5.74) is 6.69. The average molecular weight is 292 g/mol. The summed E-state index contributed by atoms with van der Waals surface area (Å²) in [6, 6.07) is 16.4. The molecule has 2 aromatic rings. The maximum absolute atomic E-state index is 4.83. The smallest absolute Gasteiger partial charge is 0.0636 e. The molecule has 0 bridgehead atoms. The normalized spacial score (nSPS) is 12.5. The predicted molar refractivity (Wildman–Crippen MR) is 97.1 cm³/mol. The molecule has 0 aromatic heterocycles. The van der Waals surface area contributed by atoms with Gasteiger partial charge in [-0.1, -0.05) is 38.1 Å². The van der Waals surface area contributed by atoms with Crippen LogP contribution in [0.1, 0.15) is 37.8 Å². The summed E-state index contributed by atoms with van der Waals surface area (Å²) < 4.78 is 0. The SMILES string of the molecule is CCC(=Nc1ccccc1)C(CC)=Nc1ccc(C)c(C)c1. The Morgan fingerprint density at radius 3 is 1.86 bits per heavy atom. The van der Waals surface area contributed by atoms with Crippen LogP contribution in [0.2, 0.25) is 0 Å². The van der Waals surface area contributed by atoms with Gasteiger partial charge in [-0.15, -0.1) is 0 Å². The molecule has 2 nitrogen and oxygen atoms in total. The van der Waals surface area contributed by atoms with Gasteiger partial charge in [-0.3, -0.25) is 9.98 Å². The molecule has 0 saturated carbocycles. The van der Waals surface area contributed by atoms with E-state index in [2.05, 4.69) is 45.9 Å². The van der Waals surface area contributed by atoms with Crippen molar-refractivity contribution in [1.82, 2.24) is 0 Å². The Morgan fingerprint density at radius 2 is 1.32 bits per heavy atom. The summed E-state index contributed by atoms with van der Waals surface area (Å²) in [7, 11) is 0. The van der Waals surface area contributed by atoms with E-state index < -0.39 is 0 Å². The lowest BCUT2D eigenvalue weighted by atomic mass is 10.1. The van der Waals surface area contributed by atoms with Crippen LogP contribution in [0.3, 0.4) is 0 Å². The number of aliphatic imine (C=N–C) groups is 2. The van der Waals surface area contributed by atoms with E-state index in [9.17, 15) is 0 Å². The maximum atomic E-state index is 4.83. The molecule has 2 heteroatoms. The van der Waals surface area contributed by atoms with Crippen LogP contribution in [0.15, 0.2) is 58.5 Å². The van der Waals surface area contributed by atoms with Crippen molar-refractivity contribution in [3.8, 4) is 0 Å². The Morgan fingerprint density at radius 1 is 0.727 bits per heavy atom. The lowest BCUT2D eigenvalue weighted by Crippen LogP contribution is -2.11. The topological polar surface area (TPSA) is 24.7 Å². The van der Waals surface area contributed by atoms with E-state index in [1.807, 2.05) is 30.3 Å². The zero-order chi connectivity index (χ0) is 15.9. The van der Waals surface area contributed by atoms with Crippen LogP contribution in [0.5, 0.6) is 0 Å². The number of aryl methyl sites for hydroxylation is 2. The van der Waals surface area contributed by atoms with Gasteiger partial charge in [0, 0.05) is 0 Å². The summed E-state index contributed by atoms with van der Waals surface area (Å²) in [5.74, 6) is 0. The second kappa shape index (κ2) is 7.69. The Labute approximate surface area is 133 Å². The third-order valence-corrected chi connectivity index (χ3v) is 3.78. The molecule has 2 rings (SSSR count). The van der Waals surface area contributed by atoms with Crippen LogP contribution < -0.4 is 0 Å². The van der Waals surface area contributed by atoms with E-state index in [-0.39, 0.29) is 0 Å². The summed E-state index contributed by atoms with van der Waals surface area (Å²) >= 11 is 0. The zero-order valence-corrected chi connectivity index (χ0v) is 13.9. The van der Waals surface area contributed by atoms with Crippen molar-refractivity contribution < 1.29 is 0 Å². The molecule has 114 valence electrons. The molecule has 0 N–H and O–H groups in total. The summed E-state index contributed by atoms with van der Waals surface area (Å²) in [4.78, 5) is 9.60. The van der Waals surface area contributed by atoms with E-state index in [0.29, 0.717) is 0 Å². The van der Waals surface area contributed by atoms with Crippen molar-refractivity contribution in [1.29, 1.82) is 0 Å². The first-order valence-electron chi connectivity index (χ1n) is 7.91. The number of rotatable bonds is 5. The maximum Gasteiger partial charge on any atom is 0.0636 e. The van der Waals surface area contributed by atoms with Gasteiger partial charge in [0.05, 0.1) is 22.8 Å². The van der Waals surface area contributed by atoms with Gasteiger partial charge in [0.1, 0.15) is 0 Å². The van der Waals surface area contributed by atoms with E-state index in [1.54, 1.807) is 0 Å². The second-order valence-corrected chi connectivity index (χ2v) is 5.43. The molecule has 0 unspecified atom stereocenters. The number of hydrogen-bond donors (Lipinski definition) is 0. The lowest BCUT2D eigenvalue weighted by Gasteiger charge is -2.08. The molecule has 0 spiro atoms. The average Bonchev–Trinajstić information content (AvgIpc) is 2.55. The molecule has 0 aliphatic carbocycles. The largest absolute Gasteiger partial charge is 0.252 e. The third-order valence-electron chi connectivity index (χ3n) is 3.78. The Kier molecular flexibility index (Phi) is 5.65. The van der Waals surface area contributed by atoms with E-state index in [0.717, 1.165) is 35.6 Å². The molecule has 0 atom stereocenters. The minimum absolute atomic E-state index is 0.881. The van der Waals surface area contributed by atoms with E-state index >= 15 is 0 Å². The molecule has 0 fully saturated rings. The number of benzene rings is 2. The molecule has 0 saturated heterocycles. The fourth-order valence-corrected chi connectivity index (χ4v) is 2.30. The Bertz CT molecular complexity index is 682. The van der Waals surface area contributed by atoms with Crippen molar-refractivity contribution >= 4 is 22.8 Å². The molecular formula is C20H24N2. The fourth-order valence-electron chi connectivity index (χ4n) is 2.30. The first kappa shape index (κ1) is 16.2. The van der Waals surface area contributed by atoms with E-state index in [1.165, 1.54) is 11.1 Å². The minimum atomic E-state index is 0.881. The van der Waals surface area contributed by atoms with Crippen LogP contribution in [-0.4, -0.2) is 11.4 Å². The van der Waals surface area contributed by atoms with Gasteiger partial charge in [0.15, 0.2) is 0 Å². The highest BCUT2D eigenvalue weighted by atomic mass is 14.8. The standard InChI is InChI=1S/C20H24N2/c1-5-19(21-17-10-8-7-9-11-17)20(6-2)22-18-13-12-15(3)16(4)14-18/h7-14H,5-6H2,1-4H3. The van der Waals surface area contributed by atoms with Gasteiger partial charge in [-0.25, -0.2) is 0 Å². The lowest BCUT2D eigenvalue weighted by molar-refractivity contribution is 1.23. The third kappa shape index (κ3) is 4.14. The second-order valence-electron chi connectivity index (χ2n) is 5.43. The number of nitrogens with zero attached hydrogens (tertiary/aromatic N) is 2. The minimum Gasteiger partial charge on any atom is -0.252 e. The highest BCUT2D eigenvalue weighted by Crippen LogP contribution is 2.19. The van der Waals surface area contributed by atoms with Crippen molar-refractivity contribution in [2.24, 2.45) is 9.98 Å². The van der Waals surface area contributed by atoms with Crippen LogP contribution >= 0.6 is 0 Å². The highest BCUT2D eigenvalue weighted by molar-refractivity contribution is 6.43. The molecule has 22 heavy (non-hydrogen) atoms. The quantitative estimate of drug-likeness (QED) is 0.607. The van der Waals surface area contributed by atoms with Crippen molar-refractivity contribution in [2.45, 2.75) is 40.5 Å². The highest BCUT2D eigenvalue weighted by Gasteiger charge is 2.06. The fraction of sp³-hybridized carbons (Fsp3) is 0.300. The van der Waals surface area contributed by atoms with Gasteiger partial charge >= 0.3 is 0 Å². The molecule has 0 aliphatic rings. The first-order valence-corrected chi connectivity index (χ1v) is 7.91. The summed E-state index contributed by atoms with van der Waals surface area (Å²) in [6.45, 7) is 8.51. The van der Waals surface area contributed by atoms with Crippen molar-refractivity contribution in [3.05, 3.63) is 59.7 Å². The molecule has 0 aliphatic heterocycles. The molecule has 0 heterocycles. The van der Waals surface area contributed by atoms with Crippen molar-refractivity contribution in [2.75, 3.05) is 0 Å². The van der Waals surface area contributed by atoms with Gasteiger partial charge < -0.3 is 0 Å². The van der Waals surface area contributed by atoms with Crippen LogP contribution in [0.25, 0.3) is 0 Å². The zero-order valence-electron chi connectivity index (χ0n) is 13.9. The Hall–Kier alpha value is -2.22. The van der Waals surface area contributed by atoms with Crippen molar-refractivity contribution in [3.63, 3.8) is 0 Å². The molecule has 0 amide bonds. The molecule has 2 aromatic carbocycles.